The summed E-state index contributed by atoms with van der Waals surface area (Å²) in [6.45, 7) is 5.14. The highest BCUT2D eigenvalue weighted by molar-refractivity contribution is 6.08. The molecule has 0 saturated heterocycles. The monoisotopic (exact) mass is 262 g/mol. The van der Waals surface area contributed by atoms with Gasteiger partial charge in [-0.25, -0.2) is 4.79 Å². The van der Waals surface area contributed by atoms with Gasteiger partial charge in [-0.15, -0.1) is 0 Å². The lowest BCUT2D eigenvalue weighted by Crippen LogP contribution is -2.14. The third-order valence-electron chi connectivity index (χ3n) is 2.70. The minimum absolute atomic E-state index is 0.0382. The number of carboxylic acids is 1. The molecule has 3 N–H and O–H groups in total. The van der Waals surface area contributed by atoms with Crippen molar-refractivity contribution in [2.75, 3.05) is 5.32 Å². The Labute approximate surface area is 109 Å². The zero-order valence-corrected chi connectivity index (χ0v) is 10.8. The molecule has 19 heavy (non-hydrogen) atoms. The SMILES string of the molecule is Cc1cc(NC(=O)c2cc(C)oc2C)c(C(=O)O)[nH]1. The molecule has 0 saturated carbocycles. The van der Waals surface area contributed by atoms with E-state index in [9.17, 15) is 9.59 Å². The first kappa shape index (κ1) is 12.9. The maximum Gasteiger partial charge on any atom is 0.354 e. The number of aromatic nitrogens is 1. The van der Waals surface area contributed by atoms with Gasteiger partial charge in [-0.3, -0.25) is 4.79 Å². The fourth-order valence-corrected chi connectivity index (χ4v) is 1.90. The van der Waals surface area contributed by atoms with Gasteiger partial charge in [0.15, 0.2) is 0 Å². The lowest BCUT2D eigenvalue weighted by molar-refractivity contribution is 0.0692. The molecule has 6 nitrogen and oxygen atoms in total. The van der Waals surface area contributed by atoms with E-state index in [0.29, 0.717) is 22.8 Å². The molecule has 1 amide bonds. The fraction of sp³-hybridized carbons (Fsp3) is 0.231. The van der Waals surface area contributed by atoms with Crippen molar-refractivity contribution in [1.29, 1.82) is 0 Å². The Balaban J connectivity index is 2.29. The number of carboxylic acid groups (broad SMARTS) is 1. The van der Waals surface area contributed by atoms with Gasteiger partial charge in [-0.05, 0) is 32.9 Å². The van der Waals surface area contributed by atoms with E-state index < -0.39 is 11.9 Å². The van der Waals surface area contributed by atoms with Crippen LogP contribution < -0.4 is 5.32 Å². The van der Waals surface area contributed by atoms with Gasteiger partial charge in [0.1, 0.15) is 17.2 Å². The minimum Gasteiger partial charge on any atom is -0.477 e. The first-order valence-electron chi connectivity index (χ1n) is 5.69. The number of hydrogen-bond donors (Lipinski definition) is 3. The summed E-state index contributed by atoms with van der Waals surface area (Å²) in [5.74, 6) is -0.384. The van der Waals surface area contributed by atoms with Crippen molar-refractivity contribution in [3.63, 3.8) is 0 Å². The van der Waals surface area contributed by atoms with Crippen molar-refractivity contribution in [2.45, 2.75) is 20.8 Å². The predicted molar refractivity (Wildman–Crippen MR) is 68.6 cm³/mol. The van der Waals surface area contributed by atoms with Gasteiger partial charge in [0.2, 0.25) is 0 Å². The van der Waals surface area contributed by atoms with Crippen LogP contribution in [-0.4, -0.2) is 22.0 Å². The number of aryl methyl sites for hydroxylation is 3. The summed E-state index contributed by atoms with van der Waals surface area (Å²) in [5, 5.41) is 11.6. The second-order valence-electron chi connectivity index (χ2n) is 4.33. The molecule has 0 aliphatic heterocycles. The molecule has 2 aromatic heterocycles. The summed E-state index contributed by atoms with van der Waals surface area (Å²) >= 11 is 0. The molecule has 2 rings (SSSR count). The smallest absolute Gasteiger partial charge is 0.354 e. The number of anilines is 1. The number of aromatic carboxylic acids is 1. The summed E-state index contributed by atoms with van der Waals surface area (Å²) in [6.07, 6.45) is 0. The predicted octanol–water partition coefficient (Wildman–Crippen LogP) is 2.48. The molecule has 0 bridgehead atoms. The molecule has 0 aliphatic rings. The zero-order chi connectivity index (χ0) is 14.2. The van der Waals surface area contributed by atoms with E-state index in [2.05, 4.69) is 10.3 Å². The highest BCUT2D eigenvalue weighted by Crippen LogP contribution is 2.20. The second-order valence-corrected chi connectivity index (χ2v) is 4.33. The van der Waals surface area contributed by atoms with Crippen LogP contribution in [0.25, 0.3) is 0 Å². The third kappa shape index (κ3) is 2.52. The van der Waals surface area contributed by atoms with Crippen molar-refractivity contribution in [1.82, 2.24) is 4.98 Å². The van der Waals surface area contributed by atoms with Crippen LogP contribution in [0.4, 0.5) is 5.69 Å². The van der Waals surface area contributed by atoms with E-state index in [-0.39, 0.29) is 11.4 Å². The second kappa shape index (κ2) is 4.64. The molecule has 0 atom stereocenters. The summed E-state index contributed by atoms with van der Waals surface area (Å²) in [5.41, 5.74) is 1.26. The summed E-state index contributed by atoms with van der Waals surface area (Å²) in [7, 11) is 0. The molecule has 2 aromatic rings. The molecule has 100 valence electrons. The minimum atomic E-state index is -1.12. The lowest BCUT2D eigenvalue weighted by Gasteiger charge is -2.03. The first-order valence-corrected chi connectivity index (χ1v) is 5.69. The Morgan fingerprint density at radius 1 is 1.26 bits per heavy atom. The number of carbonyl (C=O) groups is 2. The third-order valence-corrected chi connectivity index (χ3v) is 2.70. The van der Waals surface area contributed by atoms with Gasteiger partial charge in [0.05, 0.1) is 11.3 Å². The average molecular weight is 262 g/mol. The highest BCUT2D eigenvalue weighted by atomic mass is 16.4. The van der Waals surface area contributed by atoms with Crippen LogP contribution in [0.5, 0.6) is 0 Å². The van der Waals surface area contributed by atoms with Gasteiger partial charge in [-0.1, -0.05) is 0 Å². The van der Waals surface area contributed by atoms with Gasteiger partial charge in [0.25, 0.3) is 5.91 Å². The molecule has 0 aromatic carbocycles. The summed E-state index contributed by atoms with van der Waals surface area (Å²) < 4.78 is 5.27. The van der Waals surface area contributed by atoms with Crippen molar-refractivity contribution >= 4 is 17.6 Å². The molecule has 0 spiro atoms. The number of hydrogen-bond acceptors (Lipinski definition) is 3. The van der Waals surface area contributed by atoms with Crippen molar-refractivity contribution in [3.05, 3.63) is 40.6 Å². The van der Waals surface area contributed by atoms with Crippen molar-refractivity contribution in [3.8, 4) is 0 Å². The summed E-state index contributed by atoms with van der Waals surface area (Å²) in [4.78, 5) is 25.8. The van der Waals surface area contributed by atoms with E-state index in [1.54, 1.807) is 32.9 Å². The quantitative estimate of drug-likeness (QED) is 0.791. The van der Waals surface area contributed by atoms with Gasteiger partial charge < -0.3 is 19.8 Å². The van der Waals surface area contributed by atoms with Crippen LogP contribution in [-0.2, 0) is 0 Å². The Hall–Kier alpha value is -2.50. The molecule has 2 heterocycles. The standard InChI is InChI=1S/C13H14N2O4/c1-6-4-10(11(14-6)13(17)18)15-12(16)9-5-7(2)19-8(9)3/h4-5,14H,1-3H3,(H,15,16)(H,17,18). The van der Waals surface area contributed by atoms with Crippen molar-refractivity contribution in [2.24, 2.45) is 0 Å². The molecule has 0 radical (unpaired) electrons. The normalized spacial score (nSPS) is 10.5. The number of H-pyrrole nitrogens is 1. The Morgan fingerprint density at radius 2 is 1.95 bits per heavy atom. The van der Waals surface area contributed by atoms with Gasteiger partial charge >= 0.3 is 5.97 Å². The first-order chi connectivity index (χ1) is 8.88. The lowest BCUT2D eigenvalue weighted by atomic mass is 10.2. The highest BCUT2D eigenvalue weighted by Gasteiger charge is 2.18. The fourth-order valence-electron chi connectivity index (χ4n) is 1.90. The number of rotatable bonds is 3. The molecule has 0 unspecified atom stereocenters. The van der Waals surface area contributed by atoms with Crippen molar-refractivity contribution < 1.29 is 19.1 Å². The van der Waals surface area contributed by atoms with E-state index in [0.717, 1.165) is 0 Å². The Morgan fingerprint density at radius 3 is 2.47 bits per heavy atom. The molecule has 6 heteroatoms. The number of nitrogens with one attached hydrogen (secondary N) is 2. The largest absolute Gasteiger partial charge is 0.477 e. The van der Waals surface area contributed by atoms with E-state index in [1.807, 2.05) is 0 Å². The Kier molecular flexibility index (Phi) is 3.16. The molecular formula is C13H14N2O4. The van der Waals surface area contributed by atoms with E-state index in [1.165, 1.54) is 0 Å². The number of carbonyl (C=O) groups excluding carboxylic acids is 1. The van der Waals surface area contributed by atoms with Crippen LogP contribution in [0.15, 0.2) is 16.5 Å². The maximum absolute atomic E-state index is 12.1. The molecular weight excluding hydrogens is 248 g/mol. The van der Waals surface area contributed by atoms with Crippen LogP contribution in [0.2, 0.25) is 0 Å². The summed E-state index contributed by atoms with van der Waals surface area (Å²) in [6, 6.07) is 3.19. The number of amides is 1. The molecule has 0 fully saturated rings. The van der Waals surface area contributed by atoms with Gasteiger partial charge in [-0.2, -0.15) is 0 Å². The Bertz CT molecular complexity index is 652. The maximum atomic E-state index is 12.1. The van der Waals surface area contributed by atoms with Crippen LogP contribution >= 0.6 is 0 Å². The van der Waals surface area contributed by atoms with E-state index in [4.69, 9.17) is 9.52 Å². The van der Waals surface area contributed by atoms with Crippen LogP contribution in [0.1, 0.15) is 38.1 Å². The van der Waals surface area contributed by atoms with Gasteiger partial charge in [0, 0.05) is 5.69 Å². The zero-order valence-electron chi connectivity index (χ0n) is 10.8. The topological polar surface area (TPSA) is 95.3 Å². The number of furan rings is 1. The van der Waals surface area contributed by atoms with Crippen LogP contribution in [0.3, 0.4) is 0 Å². The average Bonchev–Trinajstić information content (AvgIpc) is 2.81. The number of aromatic amines is 1. The van der Waals surface area contributed by atoms with Crippen LogP contribution in [0, 0.1) is 20.8 Å². The molecule has 0 aliphatic carbocycles. The van der Waals surface area contributed by atoms with E-state index >= 15 is 0 Å².